The molecule has 0 aliphatic heterocycles. The number of aromatic nitrogens is 4. The van der Waals surface area contributed by atoms with E-state index in [2.05, 4.69) is 25.9 Å². The van der Waals surface area contributed by atoms with E-state index in [1.807, 2.05) is 31.2 Å². The molecule has 0 bridgehead atoms. The van der Waals surface area contributed by atoms with Gasteiger partial charge in [0.25, 0.3) is 11.7 Å². The molecule has 0 aliphatic rings. The maximum atomic E-state index is 11.7. The van der Waals surface area contributed by atoms with E-state index in [9.17, 15) is 4.79 Å². The van der Waals surface area contributed by atoms with E-state index in [0.717, 1.165) is 11.3 Å². The standard InChI is InChI=1S/C11H13N5O2/c1-7(8-3-5-9(18-2)6-4-8)12-11(17)10-13-15-16-14-10/h3-7H,1-2H3,(H,12,17)(H,13,14,15,16). The molecule has 1 atom stereocenters. The Morgan fingerprint density at radius 1 is 1.39 bits per heavy atom. The summed E-state index contributed by atoms with van der Waals surface area (Å²) in [7, 11) is 1.61. The third-order valence-electron chi connectivity index (χ3n) is 2.51. The average Bonchev–Trinajstić information content (AvgIpc) is 2.92. The van der Waals surface area contributed by atoms with Crippen LogP contribution in [0.25, 0.3) is 0 Å². The van der Waals surface area contributed by atoms with Crippen molar-refractivity contribution < 1.29 is 9.53 Å². The molecule has 1 heterocycles. The molecule has 2 rings (SSSR count). The topological polar surface area (TPSA) is 92.8 Å². The lowest BCUT2D eigenvalue weighted by atomic mass is 10.1. The second kappa shape index (κ2) is 5.26. The Hall–Kier alpha value is -2.44. The zero-order chi connectivity index (χ0) is 13.0. The molecule has 1 amide bonds. The molecule has 0 fully saturated rings. The molecule has 1 aromatic heterocycles. The Morgan fingerprint density at radius 3 is 2.67 bits per heavy atom. The first-order chi connectivity index (χ1) is 8.70. The van der Waals surface area contributed by atoms with Crippen molar-refractivity contribution in [3.63, 3.8) is 0 Å². The zero-order valence-corrected chi connectivity index (χ0v) is 10.0. The molecule has 0 aliphatic carbocycles. The highest BCUT2D eigenvalue weighted by Crippen LogP contribution is 2.17. The predicted molar refractivity (Wildman–Crippen MR) is 63.1 cm³/mol. The number of methoxy groups -OCH3 is 1. The number of H-pyrrole nitrogens is 1. The van der Waals surface area contributed by atoms with Crippen LogP contribution in [0.15, 0.2) is 24.3 Å². The summed E-state index contributed by atoms with van der Waals surface area (Å²) in [6.07, 6.45) is 0. The monoisotopic (exact) mass is 247 g/mol. The van der Waals surface area contributed by atoms with Crippen LogP contribution in [0.5, 0.6) is 5.75 Å². The van der Waals surface area contributed by atoms with Gasteiger partial charge in [0.05, 0.1) is 13.2 Å². The van der Waals surface area contributed by atoms with Gasteiger partial charge in [-0.2, -0.15) is 5.21 Å². The van der Waals surface area contributed by atoms with E-state index in [4.69, 9.17) is 4.74 Å². The van der Waals surface area contributed by atoms with Crippen LogP contribution in [-0.2, 0) is 0 Å². The van der Waals surface area contributed by atoms with Crippen molar-refractivity contribution in [1.29, 1.82) is 0 Å². The molecule has 2 aromatic rings. The highest BCUT2D eigenvalue weighted by atomic mass is 16.5. The quantitative estimate of drug-likeness (QED) is 0.829. The minimum Gasteiger partial charge on any atom is -0.497 e. The molecule has 0 saturated heterocycles. The van der Waals surface area contributed by atoms with E-state index >= 15 is 0 Å². The van der Waals surface area contributed by atoms with Gasteiger partial charge in [-0.25, -0.2) is 0 Å². The number of benzene rings is 1. The zero-order valence-electron chi connectivity index (χ0n) is 10.0. The lowest BCUT2D eigenvalue weighted by Gasteiger charge is -2.13. The Morgan fingerprint density at radius 2 is 2.11 bits per heavy atom. The van der Waals surface area contributed by atoms with Crippen LogP contribution in [0.4, 0.5) is 0 Å². The van der Waals surface area contributed by atoms with Crippen LogP contribution < -0.4 is 10.1 Å². The molecular formula is C11H13N5O2. The summed E-state index contributed by atoms with van der Waals surface area (Å²) in [4.78, 5) is 11.7. The summed E-state index contributed by atoms with van der Waals surface area (Å²) in [6, 6.07) is 7.31. The molecule has 1 aromatic carbocycles. The Kier molecular flexibility index (Phi) is 3.52. The van der Waals surface area contributed by atoms with E-state index < -0.39 is 0 Å². The number of tetrazole rings is 1. The fraction of sp³-hybridized carbons (Fsp3) is 0.273. The number of nitrogens with one attached hydrogen (secondary N) is 2. The van der Waals surface area contributed by atoms with Crippen molar-refractivity contribution >= 4 is 5.91 Å². The molecule has 18 heavy (non-hydrogen) atoms. The fourth-order valence-corrected chi connectivity index (χ4v) is 1.50. The van der Waals surface area contributed by atoms with Gasteiger partial charge in [0.15, 0.2) is 0 Å². The van der Waals surface area contributed by atoms with Crippen molar-refractivity contribution in [1.82, 2.24) is 25.9 Å². The molecule has 1 unspecified atom stereocenters. The lowest BCUT2D eigenvalue weighted by Crippen LogP contribution is -2.27. The van der Waals surface area contributed by atoms with Crippen molar-refractivity contribution in [2.75, 3.05) is 7.11 Å². The van der Waals surface area contributed by atoms with Gasteiger partial charge in [0.2, 0.25) is 0 Å². The SMILES string of the molecule is COc1ccc(C(C)NC(=O)c2nn[nH]n2)cc1. The first-order valence-corrected chi connectivity index (χ1v) is 5.39. The largest absolute Gasteiger partial charge is 0.497 e. The second-order valence-corrected chi connectivity index (χ2v) is 3.70. The van der Waals surface area contributed by atoms with Crippen LogP contribution in [0, 0.1) is 0 Å². The molecular weight excluding hydrogens is 234 g/mol. The fourth-order valence-electron chi connectivity index (χ4n) is 1.50. The summed E-state index contributed by atoms with van der Waals surface area (Å²) >= 11 is 0. The highest BCUT2D eigenvalue weighted by molar-refractivity contribution is 5.90. The van der Waals surface area contributed by atoms with Gasteiger partial charge in [-0.3, -0.25) is 4.79 Å². The van der Waals surface area contributed by atoms with Crippen molar-refractivity contribution in [3.05, 3.63) is 35.7 Å². The van der Waals surface area contributed by atoms with Crippen molar-refractivity contribution in [3.8, 4) is 5.75 Å². The lowest BCUT2D eigenvalue weighted by molar-refractivity contribution is 0.0929. The van der Waals surface area contributed by atoms with Gasteiger partial charge in [-0.1, -0.05) is 12.1 Å². The average molecular weight is 247 g/mol. The third-order valence-corrected chi connectivity index (χ3v) is 2.51. The molecule has 94 valence electrons. The van der Waals surface area contributed by atoms with Gasteiger partial charge in [-0.05, 0) is 29.8 Å². The number of carbonyl (C=O) groups excluding carboxylic acids is 1. The number of ether oxygens (including phenoxy) is 1. The van der Waals surface area contributed by atoms with E-state index in [-0.39, 0.29) is 17.8 Å². The number of hydrogen-bond acceptors (Lipinski definition) is 5. The number of amides is 1. The van der Waals surface area contributed by atoms with E-state index in [0.29, 0.717) is 0 Å². The van der Waals surface area contributed by atoms with Gasteiger partial charge < -0.3 is 10.1 Å². The minimum atomic E-state index is -0.368. The van der Waals surface area contributed by atoms with Crippen molar-refractivity contribution in [2.45, 2.75) is 13.0 Å². The minimum absolute atomic E-state index is 0.0235. The van der Waals surface area contributed by atoms with Crippen LogP contribution in [-0.4, -0.2) is 33.6 Å². The summed E-state index contributed by atoms with van der Waals surface area (Å²) in [5, 5.41) is 15.6. The van der Waals surface area contributed by atoms with Crippen molar-refractivity contribution in [2.24, 2.45) is 0 Å². The summed E-state index contributed by atoms with van der Waals surface area (Å²) in [6.45, 7) is 1.87. The van der Waals surface area contributed by atoms with Gasteiger partial charge >= 0.3 is 0 Å². The van der Waals surface area contributed by atoms with Crippen LogP contribution in [0.1, 0.15) is 29.1 Å². The molecule has 0 radical (unpaired) electrons. The maximum Gasteiger partial charge on any atom is 0.293 e. The molecule has 0 saturated carbocycles. The number of carbonyl (C=O) groups is 1. The molecule has 7 nitrogen and oxygen atoms in total. The van der Waals surface area contributed by atoms with Crippen LogP contribution in [0.3, 0.4) is 0 Å². The van der Waals surface area contributed by atoms with E-state index in [1.165, 1.54) is 0 Å². The third kappa shape index (κ3) is 2.62. The van der Waals surface area contributed by atoms with Crippen LogP contribution >= 0.6 is 0 Å². The Bertz CT molecular complexity index is 509. The Balaban J connectivity index is 2.02. The molecule has 2 N–H and O–H groups in total. The van der Waals surface area contributed by atoms with Crippen LogP contribution in [0.2, 0.25) is 0 Å². The predicted octanol–water partition coefficient (Wildman–Crippen LogP) is 0.699. The van der Waals surface area contributed by atoms with Gasteiger partial charge in [-0.15, -0.1) is 10.2 Å². The first-order valence-electron chi connectivity index (χ1n) is 5.39. The summed E-state index contributed by atoms with van der Waals surface area (Å²) < 4.78 is 5.07. The van der Waals surface area contributed by atoms with E-state index in [1.54, 1.807) is 7.11 Å². The van der Waals surface area contributed by atoms with Gasteiger partial charge in [0.1, 0.15) is 5.75 Å². The number of nitrogens with zero attached hydrogens (tertiary/aromatic N) is 3. The highest BCUT2D eigenvalue weighted by Gasteiger charge is 2.14. The number of rotatable bonds is 4. The first kappa shape index (κ1) is 12.0. The Labute approximate surface area is 104 Å². The van der Waals surface area contributed by atoms with Gasteiger partial charge in [0, 0.05) is 0 Å². The molecule has 0 spiro atoms. The number of hydrogen-bond donors (Lipinski definition) is 2. The summed E-state index contributed by atoms with van der Waals surface area (Å²) in [5.74, 6) is 0.429. The normalized spacial score (nSPS) is 11.9. The summed E-state index contributed by atoms with van der Waals surface area (Å²) in [5.41, 5.74) is 0.965. The maximum absolute atomic E-state index is 11.7. The second-order valence-electron chi connectivity index (χ2n) is 3.70. The molecule has 7 heteroatoms. The number of aromatic amines is 1. The smallest absolute Gasteiger partial charge is 0.293 e.